The van der Waals surface area contributed by atoms with Gasteiger partial charge >= 0.3 is 6.09 Å². The van der Waals surface area contributed by atoms with Crippen LogP contribution in [-0.4, -0.2) is 31.4 Å². The first-order valence-electron chi connectivity index (χ1n) is 7.51. The average Bonchev–Trinajstić information content (AvgIpc) is 3.18. The molecule has 0 atom stereocenters. The lowest BCUT2D eigenvalue weighted by Crippen LogP contribution is -2.46. The number of ether oxygens (including phenoxy) is 1. The van der Waals surface area contributed by atoms with Crippen LogP contribution >= 0.6 is 11.5 Å². The Labute approximate surface area is 137 Å². The van der Waals surface area contributed by atoms with Crippen LogP contribution in [0.1, 0.15) is 52.3 Å². The maximum absolute atomic E-state index is 12.2. The van der Waals surface area contributed by atoms with Crippen molar-refractivity contribution >= 4 is 17.6 Å². The average molecular weight is 337 g/mol. The zero-order chi connectivity index (χ0) is 16.5. The van der Waals surface area contributed by atoms with Crippen LogP contribution in [0, 0.1) is 0 Å². The molecular weight excluding hydrogens is 318 g/mol. The molecule has 1 aliphatic carbocycles. The third-order valence-electron chi connectivity index (χ3n) is 3.62. The zero-order valence-corrected chi connectivity index (χ0v) is 14.1. The van der Waals surface area contributed by atoms with E-state index in [9.17, 15) is 4.79 Å². The minimum atomic E-state index is -0.637. The number of nitrogens with one attached hydrogen (secondary N) is 1. The molecule has 0 spiro atoms. The first-order valence-corrected chi connectivity index (χ1v) is 8.28. The van der Waals surface area contributed by atoms with Crippen molar-refractivity contribution in [3.63, 3.8) is 0 Å². The monoisotopic (exact) mass is 337 g/mol. The summed E-state index contributed by atoms with van der Waals surface area (Å²) in [6.45, 7) is 5.49. The molecule has 2 heterocycles. The summed E-state index contributed by atoms with van der Waals surface area (Å²) in [5.74, 6) is 0.844. The first kappa shape index (κ1) is 15.9. The predicted molar refractivity (Wildman–Crippen MR) is 82.7 cm³/mol. The van der Waals surface area contributed by atoms with Crippen molar-refractivity contribution in [2.45, 2.75) is 57.6 Å². The molecule has 0 aromatic carbocycles. The number of carbonyl (C=O) groups excluding carboxylic acids is 1. The van der Waals surface area contributed by atoms with E-state index in [2.05, 4.69) is 25.0 Å². The Hall–Kier alpha value is -2.03. The van der Waals surface area contributed by atoms with Crippen LogP contribution in [0.15, 0.2) is 10.7 Å². The number of alkyl carbamates (subject to hydrolysis) is 1. The molecule has 2 aromatic heterocycles. The van der Waals surface area contributed by atoms with Gasteiger partial charge in [-0.05, 0) is 45.1 Å². The van der Waals surface area contributed by atoms with Gasteiger partial charge in [-0.1, -0.05) is 22.5 Å². The minimum absolute atomic E-state index is 0.368. The van der Waals surface area contributed by atoms with Crippen LogP contribution in [0.25, 0.3) is 10.8 Å². The molecule has 3 rings (SSSR count). The molecule has 2 aromatic rings. The third kappa shape index (κ3) is 3.49. The molecule has 0 aliphatic heterocycles. The second kappa shape index (κ2) is 5.88. The molecule has 0 saturated heterocycles. The summed E-state index contributed by atoms with van der Waals surface area (Å²) in [5, 5.41) is 10.8. The van der Waals surface area contributed by atoms with Crippen molar-refractivity contribution in [3.8, 4) is 10.8 Å². The van der Waals surface area contributed by atoms with Gasteiger partial charge in [-0.15, -0.1) is 5.10 Å². The Kier molecular flexibility index (Phi) is 4.05. The maximum atomic E-state index is 12.2. The smallest absolute Gasteiger partial charge is 0.408 e. The summed E-state index contributed by atoms with van der Waals surface area (Å²) in [7, 11) is 0. The second-order valence-corrected chi connectivity index (χ2v) is 7.41. The molecule has 8 nitrogen and oxygen atoms in total. The summed E-state index contributed by atoms with van der Waals surface area (Å²) in [5.41, 5.74) is -1.19. The largest absolute Gasteiger partial charge is 0.444 e. The molecule has 1 fully saturated rings. The Balaban J connectivity index is 1.82. The predicted octanol–water partition coefficient (Wildman–Crippen LogP) is 2.88. The van der Waals surface area contributed by atoms with Crippen molar-refractivity contribution in [1.29, 1.82) is 0 Å². The first-order chi connectivity index (χ1) is 10.9. The van der Waals surface area contributed by atoms with Crippen LogP contribution < -0.4 is 5.32 Å². The normalized spacial score (nSPS) is 17.2. The summed E-state index contributed by atoms with van der Waals surface area (Å²) in [6.07, 6.45) is 4.59. The topological polar surface area (TPSA) is 103 Å². The van der Waals surface area contributed by atoms with Crippen molar-refractivity contribution in [3.05, 3.63) is 12.0 Å². The molecule has 124 valence electrons. The molecule has 0 bridgehead atoms. The highest BCUT2D eigenvalue weighted by Crippen LogP contribution is 2.38. The highest BCUT2D eigenvalue weighted by molar-refractivity contribution is 7.09. The molecule has 1 N–H and O–H groups in total. The fourth-order valence-corrected chi connectivity index (χ4v) is 3.10. The van der Waals surface area contributed by atoms with Crippen LogP contribution in [0.4, 0.5) is 4.79 Å². The van der Waals surface area contributed by atoms with Crippen molar-refractivity contribution in [2.24, 2.45) is 0 Å². The number of aromatic nitrogens is 4. The Morgan fingerprint density at radius 1 is 1.39 bits per heavy atom. The van der Waals surface area contributed by atoms with Gasteiger partial charge < -0.3 is 14.6 Å². The van der Waals surface area contributed by atoms with Crippen molar-refractivity contribution < 1.29 is 14.1 Å². The van der Waals surface area contributed by atoms with Crippen molar-refractivity contribution in [1.82, 2.24) is 25.0 Å². The molecular formula is C14H19N5O3S. The van der Waals surface area contributed by atoms with E-state index in [0.29, 0.717) is 16.6 Å². The number of nitrogens with zero attached hydrogens (tertiary/aromatic N) is 4. The van der Waals surface area contributed by atoms with E-state index in [1.54, 1.807) is 6.20 Å². The lowest BCUT2D eigenvalue weighted by atomic mass is 9.97. The Bertz CT molecular complexity index is 671. The van der Waals surface area contributed by atoms with Crippen molar-refractivity contribution in [2.75, 3.05) is 0 Å². The van der Waals surface area contributed by atoms with Gasteiger partial charge in [0.05, 0.1) is 6.20 Å². The summed E-state index contributed by atoms with van der Waals surface area (Å²) >= 11 is 1.18. The van der Waals surface area contributed by atoms with Gasteiger partial charge in [-0.2, -0.15) is 4.98 Å². The van der Waals surface area contributed by atoms with Gasteiger partial charge in [0.1, 0.15) is 16.0 Å². The van der Waals surface area contributed by atoms with Gasteiger partial charge in [0.15, 0.2) is 5.82 Å². The number of amides is 1. The van der Waals surface area contributed by atoms with Crippen LogP contribution in [0.2, 0.25) is 0 Å². The minimum Gasteiger partial charge on any atom is -0.444 e. The molecule has 1 saturated carbocycles. The van der Waals surface area contributed by atoms with E-state index in [1.165, 1.54) is 11.5 Å². The number of rotatable bonds is 3. The quantitative estimate of drug-likeness (QED) is 0.918. The van der Waals surface area contributed by atoms with E-state index < -0.39 is 17.2 Å². The standard InChI is InChI=1S/C14H19N5O3S/c1-13(2,3)21-12(20)17-14(6-4-5-7-14)11-16-10(22-18-11)9-8-15-19-23-9/h8H,4-7H2,1-3H3,(H,17,20). The molecule has 1 aliphatic rings. The van der Waals surface area contributed by atoms with Crippen LogP contribution in [0.3, 0.4) is 0 Å². The molecule has 23 heavy (non-hydrogen) atoms. The Morgan fingerprint density at radius 3 is 2.74 bits per heavy atom. The third-order valence-corrected chi connectivity index (χ3v) is 4.28. The van der Waals surface area contributed by atoms with E-state index in [-0.39, 0.29) is 0 Å². The molecule has 1 amide bonds. The number of carbonyl (C=O) groups is 1. The summed E-state index contributed by atoms with van der Waals surface area (Å²) in [4.78, 5) is 17.3. The summed E-state index contributed by atoms with van der Waals surface area (Å²) in [6, 6.07) is 0. The second-order valence-electron chi connectivity index (χ2n) is 6.62. The maximum Gasteiger partial charge on any atom is 0.408 e. The van der Waals surface area contributed by atoms with Gasteiger partial charge in [0.2, 0.25) is 0 Å². The Morgan fingerprint density at radius 2 is 2.13 bits per heavy atom. The van der Waals surface area contributed by atoms with E-state index >= 15 is 0 Å². The van der Waals surface area contributed by atoms with Gasteiger partial charge in [0, 0.05) is 0 Å². The van der Waals surface area contributed by atoms with Gasteiger partial charge in [-0.3, -0.25) is 0 Å². The van der Waals surface area contributed by atoms with Crippen LogP contribution in [0.5, 0.6) is 0 Å². The molecule has 0 unspecified atom stereocenters. The number of hydrogen-bond donors (Lipinski definition) is 1. The fraction of sp³-hybridized carbons (Fsp3) is 0.643. The van der Waals surface area contributed by atoms with E-state index in [4.69, 9.17) is 9.26 Å². The molecule has 0 radical (unpaired) electrons. The lowest BCUT2D eigenvalue weighted by molar-refractivity contribution is 0.0446. The fourth-order valence-electron chi connectivity index (χ4n) is 2.66. The highest BCUT2D eigenvalue weighted by atomic mass is 32.1. The van der Waals surface area contributed by atoms with E-state index in [1.807, 2.05) is 20.8 Å². The van der Waals surface area contributed by atoms with Crippen LogP contribution in [-0.2, 0) is 10.3 Å². The van der Waals surface area contributed by atoms with Gasteiger partial charge in [0.25, 0.3) is 5.89 Å². The highest BCUT2D eigenvalue weighted by Gasteiger charge is 2.42. The summed E-state index contributed by atoms with van der Waals surface area (Å²) < 4.78 is 14.5. The molecule has 9 heteroatoms. The lowest BCUT2D eigenvalue weighted by Gasteiger charge is -2.28. The van der Waals surface area contributed by atoms with Gasteiger partial charge in [-0.25, -0.2) is 4.79 Å². The number of hydrogen-bond acceptors (Lipinski definition) is 8. The SMILES string of the molecule is CC(C)(C)OC(=O)NC1(c2noc(-c3cnns3)n2)CCCC1. The zero-order valence-electron chi connectivity index (χ0n) is 13.3. The van der Waals surface area contributed by atoms with E-state index in [0.717, 1.165) is 25.7 Å².